The van der Waals surface area contributed by atoms with Gasteiger partial charge in [-0.2, -0.15) is 0 Å². The molecule has 182 valence electrons. The fraction of sp³-hybridized carbons (Fsp3) is 0.444. The summed E-state index contributed by atoms with van der Waals surface area (Å²) in [7, 11) is 0. The zero-order valence-electron chi connectivity index (χ0n) is 20.9. The van der Waals surface area contributed by atoms with Crippen molar-refractivity contribution in [3.8, 4) is 0 Å². The van der Waals surface area contributed by atoms with Crippen molar-refractivity contribution in [2.75, 3.05) is 5.32 Å². The van der Waals surface area contributed by atoms with Crippen LogP contribution in [-0.4, -0.2) is 28.9 Å². The summed E-state index contributed by atoms with van der Waals surface area (Å²) in [4.78, 5) is 36.0. The third-order valence-electron chi connectivity index (χ3n) is 4.75. The third-order valence-corrected chi connectivity index (χ3v) is 4.75. The Labute approximate surface area is 198 Å². The number of nitrogens with one attached hydrogen (secondary N) is 2. The minimum absolute atomic E-state index is 0.0686. The van der Waals surface area contributed by atoms with Gasteiger partial charge in [-0.05, 0) is 36.1 Å². The molecule has 2 aromatic carbocycles. The van der Waals surface area contributed by atoms with E-state index in [0.29, 0.717) is 18.5 Å². The second kappa shape index (κ2) is 17.4. The van der Waals surface area contributed by atoms with Crippen LogP contribution in [0.25, 0.3) is 0 Å². The number of carboxylic acid groups (broad SMARTS) is 1. The van der Waals surface area contributed by atoms with Crippen molar-refractivity contribution < 1.29 is 19.5 Å². The minimum atomic E-state index is -1.06. The first-order valence-corrected chi connectivity index (χ1v) is 11.8. The first kappa shape index (κ1) is 29.9. The molecular weight excluding hydrogens is 416 g/mol. The van der Waals surface area contributed by atoms with Crippen LogP contribution >= 0.6 is 0 Å². The molecule has 0 saturated carbocycles. The van der Waals surface area contributed by atoms with Crippen molar-refractivity contribution >= 4 is 23.5 Å². The molecule has 0 aliphatic rings. The maximum atomic E-state index is 12.5. The van der Waals surface area contributed by atoms with E-state index >= 15 is 0 Å². The van der Waals surface area contributed by atoms with E-state index in [0.717, 1.165) is 12.0 Å². The van der Waals surface area contributed by atoms with Crippen LogP contribution in [0.4, 0.5) is 5.69 Å². The van der Waals surface area contributed by atoms with E-state index in [9.17, 15) is 14.4 Å². The lowest BCUT2D eigenvalue weighted by Gasteiger charge is -2.20. The standard InChI is InChI=1S/C23H28N2O4.2C2H6/c1-3-16(2)12-21(26)25-20(13-17-8-5-4-6-9-17)15-22(27)24-19-11-7-10-18(14-19)23(28)29;2*1-2/h4-11,14,16,20H,3,12-13,15H2,1-2H3,(H,24,27)(H,25,26)(H,28,29);2*1-2H3. The van der Waals surface area contributed by atoms with Crippen LogP contribution in [0.2, 0.25) is 0 Å². The highest BCUT2D eigenvalue weighted by atomic mass is 16.4. The molecule has 0 saturated heterocycles. The summed E-state index contributed by atoms with van der Waals surface area (Å²) in [5.74, 6) is -1.13. The van der Waals surface area contributed by atoms with Gasteiger partial charge in [0.25, 0.3) is 0 Å². The van der Waals surface area contributed by atoms with Crippen LogP contribution < -0.4 is 10.6 Å². The number of rotatable bonds is 10. The van der Waals surface area contributed by atoms with Crippen LogP contribution in [0, 0.1) is 5.92 Å². The average molecular weight is 457 g/mol. The van der Waals surface area contributed by atoms with Gasteiger partial charge in [-0.15, -0.1) is 0 Å². The second-order valence-corrected chi connectivity index (χ2v) is 7.31. The molecule has 0 bridgehead atoms. The van der Waals surface area contributed by atoms with E-state index in [1.165, 1.54) is 12.1 Å². The molecule has 0 spiro atoms. The molecule has 2 rings (SSSR count). The summed E-state index contributed by atoms with van der Waals surface area (Å²) in [6, 6.07) is 15.4. The Balaban J connectivity index is 0.00000242. The highest BCUT2D eigenvalue weighted by Gasteiger charge is 2.18. The van der Waals surface area contributed by atoms with Crippen LogP contribution in [0.5, 0.6) is 0 Å². The van der Waals surface area contributed by atoms with E-state index in [1.807, 2.05) is 71.9 Å². The molecule has 0 heterocycles. The van der Waals surface area contributed by atoms with Crippen molar-refractivity contribution in [1.29, 1.82) is 0 Å². The van der Waals surface area contributed by atoms with Gasteiger partial charge < -0.3 is 15.7 Å². The zero-order valence-corrected chi connectivity index (χ0v) is 20.9. The summed E-state index contributed by atoms with van der Waals surface area (Å²) < 4.78 is 0. The SMILES string of the molecule is CC.CC.CCC(C)CC(=O)NC(CC(=O)Nc1cccc(C(=O)O)c1)Cc1ccccc1. The molecule has 0 fully saturated rings. The fourth-order valence-corrected chi connectivity index (χ4v) is 2.99. The molecular formula is C27H40N2O4. The average Bonchev–Trinajstić information content (AvgIpc) is 2.82. The van der Waals surface area contributed by atoms with Crippen molar-refractivity contribution in [3.63, 3.8) is 0 Å². The lowest BCUT2D eigenvalue weighted by molar-refractivity contribution is -0.123. The Hall–Kier alpha value is -3.15. The Morgan fingerprint density at radius 3 is 2.09 bits per heavy atom. The molecule has 33 heavy (non-hydrogen) atoms. The van der Waals surface area contributed by atoms with Gasteiger partial charge in [0.2, 0.25) is 11.8 Å². The van der Waals surface area contributed by atoms with Crippen molar-refractivity contribution in [2.24, 2.45) is 5.92 Å². The summed E-state index contributed by atoms with van der Waals surface area (Å²) in [6.07, 6.45) is 1.97. The van der Waals surface area contributed by atoms with Crippen LogP contribution in [-0.2, 0) is 16.0 Å². The summed E-state index contributed by atoms with van der Waals surface area (Å²) in [5, 5.41) is 14.8. The van der Waals surface area contributed by atoms with Crippen LogP contribution in [0.3, 0.4) is 0 Å². The van der Waals surface area contributed by atoms with Crippen molar-refractivity contribution in [2.45, 2.75) is 73.3 Å². The highest BCUT2D eigenvalue weighted by Crippen LogP contribution is 2.13. The van der Waals surface area contributed by atoms with Crippen molar-refractivity contribution in [3.05, 3.63) is 65.7 Å². The number of benzene rings is 2. The lowest BCUT2D eigenvalue weighted by Crippen LogP contribution is -2.39. The van der Waals surface area contributed by atoms with Gasteiger partial charge >= 0.3 is 5.97 Å². The zero-order chi connectivity index (χ0) is 25.2. The van der Waals surface area contributed by atoms with Gasteiger partial charge in [-0.25, -0.2) is 4.79 Å². The highest BCUT2D eigenvalue weighted by molar-refractivity contribution is 5.94. The molecule has 6 nitrogen and oxygen atoms in total. The summed E-state index contributed by atoms with van der Waals surface area (Å²) >= 11 is 0. The van der Waals surface area contributed by atoms with E-state index in [-0.39, 0.29) is 35.8 Å². The van der Waals surface area contributed by atoms with E-state index < -0.39 is 5.97 Å². The molecule has 2 unspecified atom stereocenters. The van der Waals surface area contributed by atoms with Gasteiger partial charge in [-0.1, -0.05) is 84.4 Å². The van der Waals surface area contributed by atoms with Crippen molar-refractivity contribution in [1.82, 2.24) is 5.32 Å². The normalized spacial score (nSPS) is 11.5. The molecule has 2 aromatic rings. The monoisotopic (exact) mass is 456 g/mol. The van der Waals surface area contributed by atoms with Gasteiger partial charge in [0.1, 0.15) is 0 Å². The molecule has 0 aliphatic carbocycles. The molecule has 0 aliphatic heterocycles. The maximum absolute atomic E-state index is 12.5. The molecule has 2 amide bonds. The smallest absolute Gasteiger partial charge is 0.335 e. The predicted octanol–water partition coefficient (Wildman–Crippen LogP) is 5.93. The molecule has 2 atom stereocenters. The first-order chi connectivity index (χ1) is 15.9. The quantitative estimate of drug-likeness (QED) is 0.413. The number of aromatic carboxylic acids is 1. The Kier molecular flexibility index (Phi) is 15.7. The third kappa shape index (κ3) is 12.5. The van der Waals surface area contributed by atoms with Gasteiger partial charge in [-0.3, -0.25) is 9.59 Å². The number of carbonyl (C=O) groups excluding carboxylic acids is 2. The first-order valence-electron chi connectivity index (χ1n) is 11.8. The molecule has 3 N–H and O–H groups in total. The van der Waals surface area contributed by atoms with E-state index in [1.54, 1.807) is 12.1 Å². The van der Waals surface area contributed by atoms with Crippen LogP contribution in [0.15, 0.2) is 54.6 Å². The summed E-state index contributed by atoms with van der Waals surface area (Å²) in [5.41, 5.74) is 1.55. The number of carbonyl (C=O) groups is 3. The van der Waals surface area contributed by atoms with Gasteiger partial charge in [0.05, 0.1) is 5.56 Å². The lowest BCUT2D eigenvalue weighted by atomic mass is 10.0. The van der Waals surface area contributed by atoms with Crippen LogP contribution in [0.1, 0.15) is 76.7 Å². The topological polar surface area (TPSA) is 95.5 Å². The number of amides is 2. The second-order valence-electron chi connectivity index (χ2n) is 7.31. The number of hydrogen-bond donors (Lipinski definition) is 3. The molecule has 0 radical (unpaired) electrons. The molecule has 0 aromatic heterocycles. The molecule has 6 heteroatoms. The number of anilines is 1. The maximum Gasteiger partial charge on any atom is 0.335 e. The Bertz CT molecular complexity index is 837. The largest absolute Gasteiger partial charge is 0.478 e. The number of hydrogen-bond acceptors (Lipinski definition) is 3. The fourth-order valence-electron chi connectivity index (χ4n) is 2.99. The van der Waals surface area contributed by atoms with Gasteiger partial charge in [0.15, 0.2) is 0 Å². The number of carboxylic acids is 1. The summed E-state index contributed by atoms with van der Waals surface area (Å²) in [6.45, 7) is 12.1. The van der Waals surface area contributed by atoms with E-state index in [2.05, 4.69) is 10.6 Å². The predicted molar refractivity (Wildman–Crippen MR) is 135 cm³/mol. The minimum Gasteiger partial charge on any atom is -0.478 e. The van der Waals surface area contributed by atoms with Gasteiger partial charge in [0, 0.05) is 24.6 Å². The Morgan fingerprint density at radius 1 is 0.879 bits per heavy atom. The van der Waals surface area contributed by atoms with E-state index in [4.69, 9.17) is 5.11 Å². The Morgan fingerprint density at radius 2 is 1.52 bits per heavy atom.